The SMILES string of the molecule is CCOC(=O)c1sc(-c2ccc(F)cc2)cc1NC(=O)CCN1C(=O)[C@H]2CCCC[C@@H]2C1=O. The first-order valence-corrected chi connectivity index (χ1v) is 11.9. The fourth-order valence-electron chi connectivity index (χ4n) is 4.47. The van der Waals surface area contributed by atoms with E-state index in [9.17, 15) is 23.6 Å². The summed E-state index contributed by atoms with van der Waals surface area (Å²) < 4.78 is 18.4. The highest BCUT2D eigenvalue weighted by Gasteiger charge is 2.47. The number of fused-ring (bicyclic) bond motifs is 1. The number of amides is 3. The van der Waals surface area contributed by atoms with Crippen LogP contribution in [0.2, 0.25) is 0 Å². The summed E-state index contributed by atoms with van der Waals surface area (Å²) in [7, 11) is 0. The van der Waals surface area contributed by atoms with E-state index in [-0.39, 0.29) is 59.6 Å². The third-order valence-corrected chi connectivity index (χ3v) is 7.25. The summed E-state index contributed by atoms with van der Waals surface area (Å²) in [5.41, 5.74) is 0.985. The molecular formula is C24H25FN2O5S. The maximum atomic E-state index is 13.3. The van der Waals surface area contributed by atoms with Crippen molar-refractivity contribution in [1.82, 2.24) is 4.90 Å². The van der Waals surface area contributed by atoms with E-state index in [0.29, 0.717) is 10.4 Å². The molecule has 2 atom stereocenters. The average molecular weight is 473 g/mol. The summed E-state index contributed by atoms with van der Waals surface area (Å²) in [5.74, 6) is -2.22. The molecule has 1 N–H and O–H groups in total. The van der Waals surface area contributed by atoms with E-state index < -0.39 is 11.9 Å². The number of hydrogen-bond acceptors (Lipinski definition) is 6. The van der Waals surface area contributed by atoms with Crippen molar-refractivity contribution in [2.75, 3.05) is 18.5 Å². The van der Waals surface area contributed by atoms with Crippen molar-refractivity contribution in [2.45, 2.75) is 39.0 Å². The minimum absolute atomic E-state index is 0.0141. The molecule has 9 heteroatoms. The van der Waals surface area contributed by atoms with E-state index in [1.807, 2.05) is 0 Å². The van der Waals surface area contributed by atoms with Crippen LogP contribution in [0.3, 0.4) is 0 Å². The first-order chi connectivity index (χ1) is 15.9. The molecule has 1 saturated carbocycles. The van der Waals surface area contributed by atoms with Gasteiger partial charge in [-0.25, -0.2) is 9.18 Å². The molecule has 33 heavy (non-hydrogen) atoms. The van der Waals surface area contributed by atoms with Crippen LogP contribution in [0.1, 0.15) is 48.7 Å². The standard InChI is InChI=1S/C24H25FN2O5S/c1-2-32-24(31)21-18(13-19(33-21)14-7-9-15(25)10-8-14)26-20(28)11-12-27-22(29)16-5-3-4-6-17(16)23(27)30/h7-10,13,16-17H,2-6,11-12H2,1H3,(H,26,28)/t16-,17-/m0/s1. The third kappa shape index (κ3) is 4.83. The lowest BCUT2D eigenvalue weighted by molar-refractivity contribution is -0.140. The molecule has 2 aromatic rings. The Labute approximate surface area is 194 Å². The molecule has 174 valence electrons. The second-order valence-electron chi connectivity index (χ2n) is 8.20. The smallest absolute Gasteiger partial charge is 0.350 e. The highest BCUT2D eigenvalue weighted by Crippen LogP contribution is 2.38. The Hall–Kier alpha value is -3.07. The van der Waals surface area contributed by atoms with Crippen LogP contribution in [0.25, 0.3) is 10.4 Å². The van der Waals surface area contributed by atoms with Crippen LogP contribution in [0.4, 0.5) is 10.1 Å². The fraction of sp³-hybridized carbons (Fsp3) is 0.417. The molecule has 2 aliphatic rings. The number of ether oxygens (including phenoxy) is 1. The molecule has 1 aliphatic heterocycles. The number of thiophene rings is 1. The maximum Gasteiger partial charge on any atom is 0.350 e. The summed E-state index contributed by atoms with van der Waals surface area (Å²) in [5, 5.41) is 2.72. The molecule has 3 amide bonds. The molecule has 7 nitrogen and oxygen atoms in total. The van der Waals surface area contributed by atoms with Gasteiger partial charge in [0.2, 0.25) is 17.7 Å². The quantitative estimate of drug-likeness (QED) is 0.481. The van der Waals surface area contributed by atoms with Gasteiger partial charge in [-0.3, -0.25) is 19.3 Å². The minimum atomic E-state index is -0.569. The van der Waals surface area contributed by atoms with Crippen LogP contribution >= 0.6 is 11.3 Å². The van der Waals surface area contributed by atoms with Crippen LogP contribution in [0, 0.1) is 17.7 Å². The number of carbonyl (C=O) groups excluding carboxylic acids is 4. The molecule has 0 spiro atoms. The van der Waals surface area contributed by atoms with Crippen molar-refractivity contribution >= 4 is 40.7 Å². The Morgan fingerprint density at radius 3 is 2.36 bits per heavy atom. The molecule has 1 aromatic heterocycles. The summed E-state index contributed by atoms with van der Waals surface area (Å²) in [6, 6.07) is 7.46. The number of imide groups is 1. The van der Waals surface area contributed by atoms with Crippen molar-refractivity contribution in [3.05, 3.63) is 41.0 Å². The number of nitrogens with one attached hydrogen (secondary N) is 1. The van der Waals surface area contributed by atoms with Crippen molar-refractivity contribution in [3.63, 3.8) is 0 Å². The van der Waals surface area contributed by atoms with Gasteiger partial charge in [-0.15, -0.1) is 11.3 Å². The molecule has 1 saturated heterocycles. The topological polar surface area (TPSA) is 92.8 Å². The fourth-order valence-corrected chi connectivity index (χ4v) is 5.48. The second kappa shape index (κ2) is 9.82. The van der Waals surface area contributed by atoms with E-state index >= 15 is 0 Å². The zero-order valence-electron chi connectivity index (χ0n) is 18.3. The van der Waals surface area contributed by atoms with Crippen LogP contribution in [-0.2, 0) is 19.1 Å². The van der Waals surface area contributed by atoms with Gasteiger partial charge in [-0.1, -0.05) is 25.0 Å². The molecule has 0 unspecified atom stereocenters. The van der Waals surface area contributed by atoms with E-state index in [2.05, 4.69) is 5.32 Å². The number of nitrogens with zero attached hydrogens (tertiary/aromatic N) is 1. The number of likely N-dealkylation sites (tertiary alicyclic amines) is 1. The lowest BCUT2D eigenvalue weighted by Crippen LogP contribution is -2.34. The maximum absolute atomic E-state index is 13.3. The van der Waals surface area contributed by atoms with E-state index in [4.69, 9.17) is 4.74 Å². The minimum Gasteiger partial charge on any atom is -0.462 e. The summed E-state index contributed by atoms with van der Waals surface area (Å²) in [4.78, 5) is 52.4. The average Bonchev–Trinajstić information content (AvgIpc) is 3.33. The number of halogens is 1. The molecule has 1 aliphatic carbocycles. The number of rotatable bonds is 7. The van der Waals surface area contributed by atoms with Crippen molar-refractivity contribution in [1.29, 1.82) is 0 Å². The predicted octanol–water partition coefficient (Wildman–Crippen LogP) is 4.23. The summed E-state index contributed by atoms with van der Waals surface area (Å²) >= 11 is 1.14. The number of carbonyl (C=O) groups is 4. The van der Waals surface area contributed by atoms with Gasteiger partial charge in [0, 0.05) is 17.8 Å². The van der Waals surface area contributed by atoms with Crippen molar-refractivity contribution in [3.8, 4) is 10.4 Å². The predicted molar refractivity (Wildman–Crippen MR) is 121 cm³/mol. The summed E-state index contributed by atoms with van der Waals surface area (Å²) in [6.45, 7) is 1.88. The van der Waals surface area contributed by atoms with Gasteiger partial charge >= 0.3 is 5.97 Å². The first kappa shape index (κ1) is 23.1. The lowest BCUT2D eigenvalue weighted by atomic mass is 9.81. The lowest BCUT2D eigenvalue weighted by Gasteiger charge is -2.19. The zero-order chi connectivity index (χ0) is 23.5. The number of esters is 1. The highest BCUT2D eigenvalue weighted by atomic mass is 32.1. The largest absolute Gasteiger partial charge is 0.462 e. The van der Waals surface area contributed by atoms with Gasteiger partial charge in [0.1, 0.15) is 10.7 Å². The zero-order valence-corrected chi connectivity index (χ0v) is 19.1. The molecule has 0 bridgehead atoms. The van der Waals surface area contributed by atoms with E-state index in [0.717, 1.165) is 37.0 Å². The Morgan fingerprint density at radius 1 is 1.12 bits per heavy atom. The van der Waals surface area contributed by atoms with Gasteiger partial charge < -0.3 is 10.1 Å². The molecule has 2 fully saturated rings. The van der Waals surface area contributed by atoms with Gasteiger partial charge in [-0.2, -0.15) is 0 Å². The monoisotopic (exact) mass is 472 g/mol. The Balaban J connectivity index is 1.46. The summed E-state index contributed by atoms with van der Waals surface area (Å²) in [6.07, 6.45) is 3.27. The van der Waals surface area contributed by atoms with Crippen LogP contribution < -0.4 is 5.32 Å². The van der Waals surface area contributed by atoms with Crippen molar-refractivity contribution in [2.24, 2.45) is 11.8 Å². The second-order valence-corrected chi connectivity index (χ2v) is 9.26. The Bertz CT molecular complexity index is 1060. The Morgan fingerprint density at radius 2 is 1.76 bits per heavy atom. The Kier molecular flexibility index (Phi) is 6.88. The molecule has 4 rings (SSSR count). The van der Waals surface area contributed by atoms with Crippen LogP contribution in [-0.4, -0.2) is 41.7 Å². The van der Waals surface area contributed by atoms with Gasteiger partial charge in [0.25, 0.3) is 0 Å². The molecule has 2 heterocycles. The number of benzene rings is 1. The van der Waals surface area contributed by atoms with Gasteiger partial charge in [-0.05, 0) is 43.5 Å². The van der Waals surface area contributed by atoms with Gasteiger partial charge in [0.05, 0.1) is 24.1 Å². The normalized spacial score (nSPS) is 20.0. The molecule has 1 aromatic carbocycles. The van der Waals surface area contributed by atoms with E-state index in [1.54, 1.807) is 25.1 Å². The number of anilines is 1. The van der Waals surface area contributed by atoms with E-state index in [1.165, 1.54) is 17.0 Å². The molecule has 0 radical (unpaired) electrons. The molecular weight excluding hydrogens is 447 g/mol. The third-order valence-electron chi connectivity index (χ3n) is 6.09. The van der Waals surface area contributed by atoms with Crippen LogP contribution in [0.15, 0.2) is 30.3 Å². The van der Waals surface area contributed by atoms with Crippen molar-refractivity contribution < 1.29 is 28.3 Å². The van der Waals surface area contributed by atoms with Gasteiger partial charge in [0.15, 0.2) is 0 Å². The first-order valence-electron chi connectivity index (χ1n) is 11.1. The highest BCUT2D eigenvalue weighted by molar-refractivity contribution is 7.18. The van der Waals surface area contributed by atoms with Crippen LogP contribution in [0.5, 0.6) is 0 Å². The number of hydrogen-bond donors (Lipinski definition) is 1.